The van der Waals surface area contributed by atoms with Gasteiger partial charge >= 0.3 is 0 Å². The number of likely N-dealkylation sites (N-methyl/N-ethyl adjacent to an activating group) is 1. The van der Waals surface area contributed by atoms with Crippen molar-refractivity contribution in [1.82, 2.24) is 10.2 Å². The molecule has 0 spiro atoms. The fourth-order valence-corrected chi connectivity index (χ4v) is 2.03. The molecule has 3 nitrogen and oxygen atoms in total. The van der Waals surface area contributed by atoms with Crippen molar-refractivity contribution in [3.05, 3.63) is 35.4 Å². The fraction of sp³-hybridized carbons (Fsp3) is 0.588. The van der Waals surface area contributed by atoms with Crippen molar-refractivity contribution >= 4 is 5.91 Å². The molecule has 0 aromatic heterocycles. The number of carbonyl (C=O) groups is 1. The molecule has 1 N–H and O–H groups in total. The van der Waals surface area contributed by atoms with Crippen molar-refractivity contribution in [2.24, 2.45) is 0 Å². The van der Waals surface area contributed by atoms with E-state index in [0.29, 0.717) is 12.5 Å². The molecule has 0 aliphatic heterocycles. The third-order valence-corrected chi connectivity index (χ3v) is 3.71. The predicted molar refractivity (Wildman–Crippen MR) is 85.1 cm³/mol. The molecule has 0 radical (unpaired) electrons. The van der Waals surface area contributed by atoms with Crippen LogP contribution in [0.3, 0.4) is 0 Å². The lowest BCUT2D eigenvalue weighted by Crippen LogP contribution is -2.42. The van der Waals surface area contributed by atoms with Gasteiger partial charge in [0.25, 0.3) is 0 Å². The van der Waals surface area contributed by atoms with Crippen molar-refractivity contribution in [3.63, 3.8) is 0 Å². The molecule has 0 saturated carbocycles. The summed E-state index contributed by atoms with van der Waals surface area (Å²) in [6.45, 7) is 9.83. The van der Waals surface area contributed by atoms with Crippen molar-refractivity contribution in [1.29, 1.82) is 0 Å². The monoisotopic (exact) mass is 276 g/mol. The van der Waals surface area contributed by atoms with E-state index in [4.69, 9.17) is 0 Å². The Kier molecular flexibility index (Phi) is 5.75. The highest BCUT2D eigenvalue weighted by Crippen LogP contribution is 2.25. The largest absolute Gasteiger partial charge is 0.354 e. The zero-order valence-electron chi connectivity index (χ0n) is 13.7. The first kappa shape index (κ1) is 16.7. The summed E-state index contributed by atoms with van der Waals surface area (Å²) in [7, 11) is 4.00. The Balaban J connectivity index is 2.73. The van der Waals surface area contributed by atoms with Crippen LogP contribution in [0.5, 0.6) is 0 Å². The van der Waals surface area contributed by atoms with Crippen molar-refractivity contribution < 1.29 is 4.79 Å². The molecule has 0 saturated heterocycles. The van der Waals surface area contributed by atoms with Crippen LogP contribution in [0.15, 0.2) is 24.3 Å². The molecular formula is C17H28N2O. The van der Waals surface area contributed by atoms with E-state index in [-0.39, 0.29) is 5.91 Å². The first-order chi connectivity index (χ1) is 9.25. The summed E-state index contributed by atoms with van der Waals surface area (Å²) in [5.41, 5.74) is 1.86. The quantitative estimate of drug-likeness (QED) is 0.866. The Morgan fingerprint density at radius 1 is 1.20 bits per heavy atom. The van der Waals surface area contributed by atoms with Gasteiger partial charge in [-0.05, 0) is 45.0 Å². The normalized spacial score (nSPS) is 12.0. The lowest BCUT2D eigenvalue weighted by molar-refractivity contribution is -0.125. The van der Waals surface area contributed by atoms with Gasteiger partial charge in [-0.25, -0.2) is 0 Å². The molecule has 0 atom stereocenters. The molecule has 0 unspecified atom stereocenters. The first-order valence-electron chi connectivity index (χ1n) is 7.28. The summed E-state index contributed by atoms with van der Waals surface area (Å²) in [5.74, 6) is 0.595. The molecule has 0 aliphatic rings. The number of amides is 1. The van der Waals surface area contributed by atoms with Gasteiger partial charge in [-0.1, -0.05) is 38.1 Å². The molecule has 1 rings (SSSR count). The molecule has 0 bridgehead atoms. The van der Waals surface area contributed by atoms with Gasteiger partial charge in [0.2, 0.25) is 5.91 Å². The van der Waals surface area contributed by atoms with Crippen molar-refractivity contribution in [2.75, 3.05) is 27.2 Å². The second-order valence-electron chi connectivity index (χ2n) is 6.46. The van der Waals surface area contributed by atoms with Crippen LogP contribution < -0.4 is 5.32 Å². The number of nitrogens with zero attached hydrogens (tertiary/aromatic N) is 1. The van der Waals surface area contributed by atoms with E-state index < -0.39 is 5.41 Å². The third-order valence-electron chi connectivity index (χ3n) is 3.71. The Hall–Kier alpha value is -1.35. The number of hydrogen-bond acceptors (Lipinski definition) is 2. The average Bonchev–Trinajstić information content (AvgIpc) is 2.38. The number of nitrogens with one attached hydrogen (secondary N) is 1. The highest BCUT2D eigenvalue weighted by atomic mass is 16.2. The fourth-order valence-electron chi connectivity index (χ4n) is 2.03. The van der Waals surface area contributed by atoms with Crippen LogP contribution >= 0.6 is 0 Å². The lowest BCUT2D eigenvalue weighted by Gasteiger charge is -2.25. The molecule has 20 heavy (non-hydrogen) atoms. The molecule has 112 valence electrons. The van der Waals surface area contributed by atoms with Gasteiger partial charge in [-0.2, -0.15) is 0 Å². The van der Waals surface area contributed by atoms with Gasteiger partial charge < -0.3 is 10.2 Å². The maximum Gasteiger partial charge on any atom is 0.230 e. The van der Waals surface area contributed by atoms with Gasteiger partial charge in [-0.3, -0.25) is 4.79 Å². The highest BCUT2D eigenvalue weighted by Gasteiger charge is 2.29. The minimum Gasteiger partial charge on any atom is -0.354 e. The molecule has 1 aromatic carbocycles. The molecule has 0 fully saturated rings. The van der Waals surface area contributed by atoms with Crippen LogP contribution in [0.1, 0.15) is 44.7 Å². The Morgan fingerprint density at radius 3 is 2.20 bits per heavy atom. The van der Waals surface area contributed by atoms with Gasteiger partial charge in [0.1, 0.15) is 0 Å². The van der Waals surface area contributed by atoms with Gasteiger partial charge in [0, 0.05) is 13.1 Å². The minimum absolute atomic E-state index is 0.0802. The molecular weight excluding hydrogens is 248 g/mol. The predicted octanol–water partition coefficient (Wildman–Crippen LogP) is 2.77. The summed E-state index contributed by atoms with van der Waals surface area (Å²) in [6.07, 6.45) is 0. The zero-order valence-corrected chi connectivity index (χ0v) is 13.7. The summed E-state index contributed by atoms with van der Waals surface area (Å²) in [4.78, 5) is 14.4. The van der Waals surface area contributed by atoms with E-state index in [2.05, 4.69) is 48.3 Å². The first-order valence-corrected chi connectivity index (χ1v) is 7.28. The van der Waals surface area contributed by atoms with Gasteiger partial charge in [0.05, 0.1) is 5.41 Å². The Labute approximate surface area is 123 Å². The van der Waals surface area contributed by atoms with Crippen LogP contribution in [0.2, 0.25) is 0 Å². The van der Waals surface area contributed by atoms with Crippen LogP contribution in [0.4, 0.5) is 0 Å². The van der Waals surface area contributed by atoms with Crippen molar-refractivity contribution in [3.8, 4) is 0 Å². The van der Waals surface area contributed by atoms with Crippen LogP contribution in [0.25, 0.3) is 0 Å². The summed E-state index contributed by atoms with van der Waals surface area (Å²) in [6, 6.07) is 8.38. The van der Waals surface area contributed by atoms with Crippen LogP contribution in [-0.4, -0.2) is 38.0 Å². The molecule has 1 aromatic rings. The van der Waals surface area contributed by atoms with E-state index in [1.807, 2.05) is 27.9 Å². The second-order valence-corrected chi connectivity index (χ2v) is 6.46. The molecule has 1 amide bonds. The maximum atomic E-state index is 12.3. The second kappa shape index (κ2) is 6.89. The topological polar surface area (TPSA) is 32.3 Å². The van der Waals surface area contributed by atoms with E-state index in [1.165, 1.54) is 5.56 Å². The average molecular weight is 276 g/mol. The standard InChI is InChI=1S/C17H28N2O/c1-13(2)14-7-9-15(10-8-14)17(3,4)16(20)18-11-12-19(5)6/h7-10,13H,11-12H2,1-6H3,(H,18,20). The number of benzene rings is 1. The van der Waals surface area contributed by atoms with Crippen LogP contribution in [-0.2, 0) is 10.2 Å². The van der Waals surface area contributed by atoms with Gasteiger partial charge in [-0.15, -0.1) is 0 Å². The molecule has 3 heteroatoms. The minimum atomic E-state index is -0.498. The number of carbonyl (C=O) groups excluding carboxylic acids is 1. The summed E-state index contributed by atoms with van der Waals surface area (Å²) in [5, 5.41) is 3.01. The van der Waals surface area contributed by atoms with Gasteiger partial charge in [0.15, 0.2) is 0 Å². The SMILES string of the molecule is CC(C)c1ccc(C(C)(C)C(=O)NCCN(C)C)cc1. The van der Waals surface area contributed by atoms with E-state index in [1.54, 1.807) is 0 Å². The smallest absolute Gasteiger partial charge is 0.230 e. The Morgan fingerprint density at radius 2 is 1.75 bits per heavy atom. The Bertz CT molecular complexity index is 433. The zero-order chi connectivity index (χ0) is 15.3. The lowest BCUT2D eigenvalue weighted by atomic mass is 9.83. The molecule has 0 heterocycles. The highest BCUT2D eigenvalue weighted by molar-refractivity contribution is 5.87. The van der Waals surface area contributed by atoms with Crippen molar-refractivity contribution in [2.45, 2.75) is 39.0 Å². The number of rotatable bonds is 6. The van der Waals surface area contributed by atoms with E-state index in [9.17, 15) is 4.79 Å². The summed E-state index contributed by atoms with van der Waals surface area (Å²) < 4.78 is 0. The van der Waals surface area contributed by atoms with E-state index >= 15 is 0 Å². The summed E-state index contributed by atoms with van der Waals surface area (Å²) >= 11 is 0. The van der Waals surface area contributed by atoms with Crippen LogP contribution in [0, 0.1) is 0 Å². The molecule has 0 aliphatic carbocycles. The van der Waals surface area contributed by atoms with E-state index in [0.717, 1.165) is 12.1 Å². The third kappa shape index (κ3) is 4.34. The maximum absolute atomic E-state index is 12.3. The number of hydrogen-bond donors (Lipinski definition) is 1.